The van der Waals surface area contributed by atoms with Gasteiger partial charge < -0.3 is 14.9 Å². The average molecular weight is 348 g/mol. The van der Waals surface area contributed by atoms with Gasteiger partial charge in [0.1, 0.15) is 5.54 Å². The first-order valence-electron chi connectivity index (χ1n) is 8.82. The summed E-state index contributed by atoms with van der Waals surface area (Å²) in [6.45, 7) is 1.50. The minimum Gasteiger partial charge on any atom is -0.395 e. The summed E-state index contributed by atoms with van der Waals surface area (Å²) in [7, 11) is 0. The number of H-pyrrole nitrogens is 1. The quantitative estimate of drug-likeness (QED) is 0.758. The number of nitrogens with one attached hydrogen (secondary N) is 1. The minimum absolute atomic E-state index is 0.0270. The molecular weight excluding hydrogens is 324 g/mol. The Bertz CT molecular complexity index is 682. The normalized spacial score (nSPS) is 23.5. The lowest BCUT2D eigenvalue weighted by molar-refractivity contribution is -0.155. The van der Waals surface area contributed by atoms with Crippen LogP contribution in [0.5, 0.6) is 0 Å². The van der Waals surface area contributed by atoms with E-state index in [1.165, 1.54) is 6.07 Å². The van der Waals surface area contributed by atoms with Crippen molar-refractivity contribution in [3.05, 3.63) is 28.2 Å². The number of nitrogens with zero attached hydrogens (tertiary/aromatic N) is 3. The molecule has 0 aromatic carbocycles. The number of rotatable bonds is 5. The van der Waals surface area contributed by atoms with Crippen molar-refractivity contribution in [2.24, 2.45) is 0 Å². The van der Waals surface area contributed by atoms with Gasteiger partial charge in [-0.2, -0.15) is 5.10 Å². The Morgan fingerprint density at radius 2 is 2.00 bits per heavy atom. The van der Waals surface area contributed by atoms with E-state index < -0.39 is 5.54 Å². The van der Waals surface area contributed by atoms with Crippen LogP contribution in [0.25, 0.3) is 0 Å². The first kappa shape index (κ1) is 17.6. The van der Waals surface area contributed by atoms with Gasteiger partial charge in [-0.3, -0.25) is 14.4 Å². The van der Waals surface area contributed by atoms with Gasteiger partial charge >= 0.3 is 0 Å². The first-order valence-corrected chi connectivity index (χ1v) is 8.82. The topological polar surface area (TPSA) is 107 Å². The maximum Gasteiger partial charge on any atom is 0.264 e. The molecule has 2 N–H and O–H groups in total. The van der Waals surface area contributed by atoms with Crippen molar-refractivity contribution >= 4 is 11.8 Å². The van der Waals surface area contributed by atoms with E-state index in [4.69, 9.17) is 5.11 Å². The standard InChI is InChI=1S/C17H24N4O4/c22-12-11-20-9-1-7-17(16(20)25)8-2-10-21(17)15(24)6-4-13-3-5-14(23)19-18-13/h3,5,22H,1-2,4,6-12H2,(H,19,23). The highest BCUT2D eigenvalue weighted by molar-refractivity contribution is 5.92. The molecule has 2 aliphatic rings. The van der Waals surface area contributed by atoms with Gasteiger partial charge in [0, 0.05) is 38.5 Å². The van der Waals surface area contributed by atoms with Crippen molar-refractivity contribution in [3.8, 4) is 0 Å². The molecule has 2 fully saturated rings. The molecule has 0 saturated carbocycles. The van der Waals surface area contributed by atoms with Crippen LogP contribution in [0.2, 0.25) is 0 Å². The van der Waals surface area contributed by atoms with E-state index in [1.54, 1.807) is 15.9 Å². The Balaban J connectivity index is 1.69. The number of likely N-dealkylation sites (tertiary alicyclic amines) is 2. The predicted molar refractivity (Wildman–Crippen MR) is 89.8 cm³/mol. The second-order valence-electron chi connectivity index (χ2n) is 6.71. The number of hydrogen-bond donors (Lipinski definition) is 2. The number of aliphatic hydroxyl groups is 1. The second-order valence-corrected chi connectivity index (χ2v) is 6.71. The van der Waals surface area contributed by atoms with Crippen molar-refractivity contribution in [1.29, 1.82) is 0 Å². The molecule has 25 heavy (non-hydrogen) atoms. The molecular formula is C17H24N4O4. The van der Waals surface area contributed by atoms with Gasteiger partial charge in [-0.25, -0.2) is 5.10 Å². The number of hydrogen-bond acceptors (Lipinski definition) is 5. The van der Waals surface area contributed by atoms with Crippen LogP contribution < -0.4 is 5.56 Å². The van der Waals surface area contributed by atoms with Crippen LogP contribution >= 0.6 is 0 Å². The van der Waals surface area contributed by atoms with E-state index in [2.05, 4.69) is 10.2 Å². The Hall–Kier alpha value is -2.22. The maximum absolute atomic E-state index is 12.9. The Kier molecular flexibility index (Phi) is 5.17. The molecule has 0 bridgehead atoms. The lowest BCUT2D eigenvalue weighted by atomic mass is 9.85. The van der Waals surface area contributed by atoms with Gasteiger partial charge in [-0.1, -0.05) is 0 Å². The monoisotopic (exact) mass is 348 g/mol. The van der Waals surface area contributed by atoms with Gasteiger partial charge in [0.2, 0.25) is 11.8 Å². The van der Waals surface area contributed by atoms with E-state index in [1.807, 2.05) is 0 Å². The molecule has 2 amide bonds. The third-order valence-electron chi connectivity index (χ3n) is 5.20. The molecule has 3 heterocycles. The molecule has 1 unspecified atom stereocenters. The number of aromatic nitrogens is 2. The molecule has 0 aliphatic carbocycles. The third kappa shape index (κ3) is 3.44. The van der Waals surface area contributed by atoms with Crippen molar-refractivity contribution in [3.63, 3.8) is 0 Å². The highest BCUT2D eigenvalue weighted by Crippen LogP contribution is 2.38. The summed E-state index contributed by atoms with van der Waals surface area (Å²) in [5.74, 6) is -0.0782. The van der Waals surface area contributed by atoms with Crippen molar-refractivity contribution < 1.29 is 14.7 Å². The number of aromatic amines is 1. The van der Waals surface area contributed by atoms with Gasteiger partial charge in [-0.15, -0.1) is 0 Å². The minimum atomic E-state index is -0.733. The molecule has 8 nitrogen and oxygen atoms in total. The Morgan fingerprint density at radius 1 is 1.24 bits per heavy atom. The largest absolute Gasteiger partial charge is 0.395 e. The van der Waals surface area contributed by atoms with Gasteiger partial charge in [0.25, 0.3) is 5.56 Å². The van der Waals surface area contributed by atoms with Crippen molar-refractivity contribution in [1.82, 2.24) is 20.0 Å². The highest BCUT2D eigenvalue weighted by atomic mass is 16.3. The van der Waals surface area contributed by atoms with E-state index in [0.717, 1.165) is 12.8 Å². The Labute approximate surface area is 145 Å². The van der Waals surface area contributed by atoms with E-state index in [0.29, 0.717) is 44.6 Å². The molecule has 1 aromatic rings. The summed E-state index contributed by atoms with van der Waals surface area (Å²) >= 11 is 0. The van der Waals surface area contributed by atoms with Gasteiger partial charge in [0.15, 0.2) is 0 Å². The smallest absolute Gasteiger partial charge is 0.264 e. The predicted octanol–water partition coefficient (Wildman–Crippen LogP) is -0.322. The fourth-order valence-corrected chi connectivity index (χ4v) is 4.01. The third-order valence-corrected chi connectivity index (χ3v) is 5.20. The molecule has 3 rings (SSSR count). The van der Waals surface area contributed by atoms with Crippen molar-refractivity contribution in [2.45, 2.75) is 44.1 Å². The molecule has 2 saturated heterocycles. The van der Waals surface area contributed by atoms with Crippen LogP contribution in [0.15, 0.2) is 16.9 Å². The summed E-state index contributed by atoms with van der Waals surface area (Å²) in [6, 6.07) is 3.00. The van der Waals surface area contributed by atoms with Crippen LogP contribution in [0.3, 0.4) is 0 Å². The average Bonchev–Trinajstić information content (AvgIpc) is 3.03. The number of carbonyl (C=O) groups excluding carboxylic acids is 2. The molecule has 1 spiro atoms. The molecule has 0 radical (unpaired) electrons. The number of aryl methyl sites for hydroxylation is 1. The number of piperidine rings is 1. The first-order chi connectivity index (χ1) is 12.1. The molecule has 1 atom stereocenters. The van der Waals surface area contributed by atoms with Gasteiger partial charge in [0.05, 0.1) is 12.3 Å². The lowest BCUT2D eigenvalue weighted by Gasteiger charge is -2.44. The van der Waals surface area contributed by atoms with Crippen LogP contribution in [0.4, 0.5) is 0 Å². The highest BCUT2D eigenvalue weighted by Gasteiger charge is 2.52. The van der Waals surface area contributed by atoms with Crippen LogP contribution in [-0.4, -0.2) is 68.7 Å². The van der Waals surface area contributed by atoms with Crippen LogP contribution in [-0.2, 0) is 16.0 Å². The second kappa shape index (κ2) is 7.35. The molecule has 1 aromatic heterocycles. The number of amides is 2. The zero-order valence-electron chi connectivity index (χ0n) is 14.2. The maximum atomic E-state index is 12.9. The molecule has 136 valence electrons. The summed E-state index contributed by atoms with van der Waals surface area (Å²) in [5, 5.41) is 15.4. The summed E-state index contributed by atoms with van der Waals surface area (Å²) in [4.78, 5) is 40.2. The number of carbonyl (C=O) groups is 2. The summed E-state index contributed by atoms with van der Waals surface area (Å²) in [5.41, 5.74) is -0.355. The molecule has 8 heteroatoms. The zero-order valence-corrected chi connectivity index (χ0v) is 14.2. The van der Waals surface area contributed by atoms with Crippen LogP contribution in [0.1, 0.15) is 37.8 Å². The summed E-state index contributed by atoms with van der Waals surface area (Å²) < 4.78 is 0. The number of β-amino-alcohol motifs (C(OH)–C–C–N with tert-alkyl or cyclic N) is 1. The van der Waals surface area contributed by atoms with E-state index in [9.17, 15) is 14.4 Å². The van der Waals surface area contributed by atoms with Crippen LogP contribution in [0, 0.1) is 0 Å². The molecule has 2 aliphatic heterocycles. The van der Waals surface area contributed by atoms with Crippen molar-refractivity contribution in [2.75, 3.05) is 26.2 Å². The SMILES string of the molecule is O=C(CCc1ccc(=O)[nH]n1)N1CCCC12CCCN(CCO)C2=O. The number of aliphatic hydroxyl groups excluding tert-OH is 1. The fraction of sp³-hybridized carbons (Fsp3) is 0.647. The Morgan fingerprint density at radius 3 is 2.68 bits per heavy atom. The zero-order chi connectivity index (χ0) is 17.9. The fourth-order valence-electron chi connectivity index (χ4n) is 4.01. The van der Waals surface area contributed by atoms with Gasteiger partial charge in [-0.05, 0) is 31.7 Å². The van der Waals surface area contributed by atoms with E-state index >= 15 is 0 Å². The summed E-state index contributed by atoms with van der Waals surface area (Å²) in [6.07, 6.45) is 3.73. The van der Waals surface area contributed by atoms with E-state index in [-0.39, 0.29) is 30.4 Å². The lowest BCUT2D eigenvalue weighted by Crippen LogP contribution is -2.61.